The zero-order chi connectivity index (χ0) is 14.0. The van der Waals surface area contributed by atoms with Crippen LogP contribution in [-0.2, 0) is 0 Å². The monoisotopic (exact) mass is 315 g/mol. The van der Waals surface area contributed by atoms with Gasteiger partial charge in [0.1, 0.15) is 11.4 Å². The third-order valence-corrected chi connectivity index (χ3v) is 3.03. The standard InChI is InChI=1S/C12H11Cl2N3OS/c1-6-11(7(2)18-17-6)16-12(19)15-10-4-8(13)3-9(14)5-10/h3-5H,1-2H3,(H2,15,16,19). The highest BCUT2D eigenvalue weighted by molar-refractivity contribution is 7.80. The first-order valence-corrected chi connectivity index (χ1v) is 6.59. The number of hydrogen-bond acceptors (Lipinski definition) is 3. The van der Waals surface area contributed by atoms with Gasteiger partial charge in [-0.15, -0.1) is 0 Å². The van der Waals surface area contributed by atoms with Crippen LogP contribution in [0.5, 0.6) is 0 Å². The molecule has 0 saturated heterocycles. The van der Waals surface area contributed by atoms with E-state index in [2.05, 4.69) is 15.8 Å². The fourth-order valence-corrected chi connectivity index (χ4v) is 2.31. The Morgan fingerprint density at radius 3 is 2.32 bits per heavy atom. The molecule has 7 heteroatoms. The Bertz CT molecular complexity index is 588. The minimum atomic E-state index is 0.410. The number of halogens is 2. The van der Waals surface area contributed by atoms with E-state index in [1.54, 1.807) is 25.1 Å². The quantitative estimate of drug-likeness (QED) is 0.804. The van der Waals surface area contributed by atoms with Crippen molar-refractivity contribution >= 4 is 51.9 Å². The summed E-state index contributed by atoms with van der Waals surface area (Å²) in [5.41, 5.74) is 2.21. The number of hydrogen-bond donors (Lipinski definition) is 2. The minimum Gasteiger partial charge on any atom is -0.359 e. The summed E-state index contributed by atoms with van der Waals surface area (Å²) in [7, 11) is 0. The van der Waals surface area contributed by atoms with E-state index in [-0.39, 0.29) is 0 Å². The van der Waals surface area contributed by atoms with E-state index in [1.165, 1.54) is 0 Å². The maximum Gasteiger partial charge on any atom is 0.175 e. The number of nitrogens with zero attached hydrogens (tertiary/aromatic N) is 1. The minimum absolute atomic E-state index is 0.410. The van der Waals surface area contributed by atoms with Gasteiger partial charge in [0, 0.05) is 15.7 Å². The predicted octanol–water partition coefficient (Wildman–Crippen LogP) is 4.41. The molecule has 100 valence electrons. The van der Waals surface area contributed by atoms with Crippen molar-refractivity contribution in [2.24, 2.45) is 0 Å². The van der Waals surface area contributed by atoms with Gasteiger partial charge in [-0.1, -0.05) is 28.4 Å². The Morgan fingerprint density at radius 2 is 1.79 bits per heavy atom. The first-order valence-electron chi connectivity index (χ1n) is 5.42. The highest BCUT2D eigenvalue weighted by Crippen LogP contribution is 2.23. The summed E-state index contributed by atoms with van der Waals surface area (Å²) in [4.78, 5) is 0. The second-order valence-corrected chi connectivity index (χ2v) is 5.22. The smallest absolute Gasteiger partial charge is 0.175 e. The Labute approximate surface area is 126 Å². The molecule has 0 bridgehead atoms. The summed E-state index contributed by atoms with van der Waals surface area (Å²) in [5, 5.41) is 11.3. The Balaban J connectivity index is 2.09. The number of aromatic nitrogens is 1. The number of thiocarbonyl (C=S) groups is 1. The zero-order valence-corrected chi connectivity index (χ0v) is 12.6. The topological polar surface area (TPSA) is 50.1 Å². The van der Waals surface area contributed by atoms with Crippen LogP contribution in [-0.4, -0.2) is 10.3 Å². The van der Waals surface area contributed by atoms with E-state index < -0.39 is 0 Å². The summed E-state index contributed by atoms with van der Waals surface area (Å²) >= 11 is 17.0. The van der Waals surface area contributed by atoms with Gasteiger partial charge >= 0.3 is 0 Å². The lowest BCUT2D eigenvalue weighted by molar-refractivity contribution is 0.393. The van der Waals surface area contributed by atoms with Crippen LogP contribution in [0.15, 0.2) is 22.7 Å². The lowest BCUT2D eigenvalue weighted by atomic mass is 10.3. The van der Waals surface area contributed by atoms with E-state index in [9.17, 15) is 0 Å². The van der Waals surface area contributed by atoms with Crippen molar-refractivity contribution in [3.63, 3.8) is 0 Å². The maximum atomic E-state index is 5.91. The molecular weight excluding hydrogens is 305 g/mol. The first-order chi connectivity index (χ1) is 8.95. The molecule has 0 radical (unpaired) electrons. The van der Waals surface area contributed by atoms with E-state index in [0.717, 1.165) is 11.4 Å². The van der Waals surface area contributed by atoms with Gasteiger partial charge in [0.15, 0.2) is 10.9 Å². The van der Waals surface area contributed by atoms with E-state index in [4.69, 9.17) is 39.9 Å². The van der Waals surface area contributed by atoms with Crippen molar-refractivity contribution in [1.29, 1.82) is 0 Å². The average Bonchev–Trinajstić information content (AvgIpc) is 2.59. The fourth-order valence-electron chi connectivity index (χ4n) is 1.56. The van der Waals surface area contributed by atoms with Crippen molar-refractivity contribution in [1.82, 2.24) is 5.16 Å². The summed E-state index contributed by atoms with van der Waals surface area (Å²) in [6.45, 7) is 3.64. The second kappa shape index (κ2) is 5.77. The molecule has 1 aromatic carbocycles. The molecule has 1 aromatic heterocycles. The van der Waals surface area contributed by atoms with Gasteiger partial charge in [0.05, 0.1) is 0 Å². The predicted molar refractivity (Wildman–Crippen MR) is 82.3 cm³/mol. The Hall–Kier alpha value is -1.30. The molecule has 2 aromatic rings. The van der Waals surface area contributed by atoms with Crippen molar-refractivity contribution in [3.8, 4) is 0 Å². The van der Waals surface area contributed by atoms with Crippen LogP contribution >= 0.6 is 35.4 Å². The van der Waals surface area contributed by atoms with Crippen molar-refractivity contribution in [2.75, 3.05) is 10.6 Å². The van der Waals surface area contributed by atoms with Crippen molar-refractivity contribution in [2.45, 2.75) is 13.8 Å². The summed E-state index contributed by atoms with van der Waals surface area (Å²) in [5.74, 6) is 0.672. The number of rotatable bonds is 2. The molecule has 0 amide bonds. The summed E-state index contributed by atoms with van der Waals surface area (Å²) in [6.07, 6.45) is 0. The molecule has 2 rings (SSSR count). The fraction of sp³-hybridized carbons (Fsp3) is 0.167. The number of aryl methyl sites for hydroxylation is 2. The van der Waals surface area contributed by atoms with Gasteiger partial charge in [-0.3, -0.25) is 0 Å². The van der Waals surface area contributed by atoms with Gasteiger partial charge in [0.2, 0.25) is 0 Å². The van der Waals surface area contributed by atoms with E-state index >= 15 is 0 Å². The SMILES string of the molecule is Cc1noc(C)c1NC(=S)Nc1cc(Cl)cc(Cl)c1. The van der Waals surface area contributed by atoms with Gasteiger partial charge in [-0.05, 0) is 44.3 Å². The number of benzene rings is 1. The molecule has 0 aliphatic carbocycles. The Kier molecular flexibility index (Phi) is 4.29. The molecule has 0 aliphatic heterocycles. The second-order valence-electron chi connectivity index (χ2n) is 3.94. The average molecular weight is 316 g/mol. The van der Waals surface area contributed by atoms with Crippen LogP contribution in [0.4, 0.5) is 11.4 Å². The molecule has 0 aliphatic rings. The van der Waals surface area contributed by atoms with Crippen LogP contribution in [0, 0.1) is 13.8 Å². The molecular formula is C12H11Cl2N3OS. The molecule has 0 saturated carbocycles. The third-order valence-electron chi connectivity index (χ3n) is 2.39. The van der Waals surface area contributed by atoms with E-state index in [0.29, 0.717) is 26.6 Å². The van der Waals surface area contributed by atoms with Crippen LogP contribution < -0.4 is 10.6 Å². The van der Waals surface area contributed by atoms with Crippen molar-refractivity contribution in [3.05, 3.63) is 39.7 Å². The maximum absolute atomic E-state index is 5.91. The van der Waals surface area contributed by atoms with Crippen LogP contribution in [0.2, 0.25) is 10.0 Å². The van der Waals surface area contributed by atoms with Gasteiger partial charge in [-0.25, -0.2) is 0 Å². The third kappa shape index (κ3) is 3.59. The summed E-state index contributed by atoms with van der Waals surface area (Å²) < 4.78 is 5.04. The molecule has 2 N–H and O–H groups in total. The molecule has 0 atom stereocenters. The summed E-state index contributed by atoms with van der Waals surface area (Å²) in [6, 6.07) is 5.11. The first kappa shape index (κ1) is 14.1. The van der Waals surface area contributed by atoms with Gasteiger partial charge in [-0.2, -0.15) is 0 Å². The molecule has 0 fully saturated rings. The van der Waals surface area contributed by atoms with Gasteiger partial charge < -0.3 is 15.2 Å². The lowest BCUT2D eigenvalue weighted by Crippen LogP contribution is -2.19. The molecule has 4 nitrogen and oxygen atoms in total. The van der Waals surface area contributed by atoms with E-state index in [1.807, 2.05) is 6.92 Å². The van der Waals surface area contributed by atoms with Crippen LogP contribution in [0.25, 0.3) is 0 Å². The highest BCUT2D eigenvalue weighted by atomic mass is 35.5. The number of anilines is 2. The van der Waals surface area contributed by atoms with Crippen molar-refractivity contribution < 1.29 is 4.52 Å². The Morgan fingerprint density at radius 1 is 1.16 bits per heavy atom. The zero-order valence-electron chi connectivity index (χ0n) is 10.3. The van der Waals surface area contributed by atoms with Gasteiger partial charge in [0.25, 0.3) is 0 Å². The molecule has 0 unspecified atom stereocenters. The molecule has 1 heterocycles. The van der Waals surface area contributed by atoms with Crippen LogP contribution in [0.3, 0.4) is 0 Å². The molecule has 0 spiro atoms. The number of nitrogens with one attached hydrogen (secondary N) is 2. The van der Waals surface area contributed by atoms with Crippen LogP contribution in [0.1, 0.15) is 11.5 Å². The highest BCUT2D eigenvalue weighted by Gasteiger charge is 2.10. The lowest BCUT2D eigenvalue weighted by Gasteiger charge is -2.10. The normalized spacial score (nSPS) is 10.3. The largest absolute Gasteiger partial charge is 0.359 e. The molecule has 19 heavy (non-hydrogen) atoms.